The number of hydrogen-bond acceptors (Lipinski definition) is 3. The van der Waals surface area contributed by atoms with Crippen molar-refractivity contribution in [3.05, 3.63) is 30.5 Å². The molecule has 5 rings (SSSR count). The smallest absolute Gasteiger partial charge is 0.258 e. The normalized spacial score (nSPS) is 25.5. The van der Waals surface area contributed by atoms with Crippen molar-refractivity contribution in [1.82, 2.24) is 19.7 Å². The van der Waals surface area contributed by atoms with E-state index in [1.807, 2.05) is 24.3 Å². The van der Waals surface area contributed by atoms with Crippen molar-refractivity contribution in [3.63, 3.8) is 0 Å². The van der Waals surface area contributed by atoms with Crippen molar-refractivity contribution in [2.75, 3.05) is 5.32 Å². The van der Waals surface area contributed by atoms with E-state index >= 15 is 0 Å². The molecule has 0 spiro atoms. The fraction of sp³-hybridized carbons (Fsp3) is 0.450. The first-order chi connectivity index (χ1) is 13.4. The van der Waals surface area contributed by atoms with E-state index in [4.69, 9.17) is 0 Å². The van der Waals surface area contributed by atoms with Crippen LogP contribution in [0.3, 0.4) is 0 Å². The highest BCUT2D eigenvalue weighted by Crippen LogP contribution is 2.73. The lowest BCUT2D eigenvalue weighted by Gasteiger charge is -2.20. The maximum atomic E-state index is 14.3. The summed E-state index contributed by atoms with van der Waals surface area (Å²) in [5.41, 5.74) is 1.15. The van der Waals surface area contributed by atoms with Gasteiger partial charge in [0.15, 0.2) is 0 Å². The minimum Gasteiger partial charge on any atom is -0.338 e. The van der Waals surface area contributed by atoms with E-state index in [1.165, 1.54) is 4.68 Å². The molecule has 2 heterocycles. The molecule has 146 valence electrons. The first-order valence-corrected chi connectivity index (χ1v) is 9.57. The van der Waals surface area contributed by atoms with Crippen molar-refractivity contribution >= 4 is 22.8 Å². The molecule has 6 nitrogen and oxygen atoms in total. The predicted molar refractivity (Wildman–Crippen MR) is 101 cm³/mol. The van der Waals surface area contributed by atoms with Gasteiger partial charge in [-0.3, -0.25) is 9.48 Å². The van der Waals surface area contributed by atoms with Crippen molar-refractivity contribution in [1.29, 1.82) is 0 Å². The van der Waals surface area contributed by atoms with E-state index in [9.17, 15) is 13.6 Å². The quantitative estimate of drug-likeness (QED) is 0.709. The van der Waals surface area contributed by atoms with Crippen molar-refractivity contribution in [3.8, 4) is 11.4 Å². The Labute approximate surface area is 160 Å². The van der Waals surface area contributed by atoms with Crippen LogP contribution in [0.5, 0.6) is 0 Å². The van der Waals surface area contributed by atoms with Crippen LogP contribution in [0.25, 0.3) is 22.4 Å². The fourth-order valence-electron chi connectivity index (χ4n) is 4.81. The molecule has 1 aromatic carbocycles. The summed E-state index contributed by atoms with van der Waals surface area (Å²) in [5.74, 6) is -2.74. The Balaban J connectivity index is 1.40. The SMILES string of the molecule is Cn1ncc(-c2nc3ccccc3[nH]2)c1NC(=O)CC12CCCCC1C2(F)F. The third-order valence-electron chi connectivity index (χ3n) is 6.37. The summed E-state index contributed by atoms with van der Waals surface area (Å²) < 4.78 is 30.2. The van der Waals surface area contributed by atoms with Crippen LogP contribution in [-0.4, -0.2) is 31.6 Å². The van der Waals surface area contributed by atoms with Crippen LogP contribution >= 0.6 is 0 Å². The first kappa shape index (κ1) is 17.3. The Hall–Kier alpha value is -2.77. The molecule has 28 heavy (non-hydrogen) atoms. The number of halogens is 2. The van der Waals surface area contributed by atoms with Crippen LogP contribution in [0, 0.1) is 11.3 Å². The number of hydrogen-bond donors (Lipinski definition) is 2. The molecule has 2 aliphatic rings. The molecule has 0 aliphatic heterocycles. The average Bonchev–Trinajstić information content (AvgIpc) is 3.02. The molecule has 2 aliphatic carbocycles. The van der Waals surface area contributed by atoms with Gasteiger partial charge in [-0.1, -0.05) is 25.0 Å². The second kappa shape index (κ2) is 5.86. The molecular weight excluding hydrogens is 364 g/mol. The van der Waals surface area contributed by atoms with E-state index in [2.05, 4.69) is 20.4 Å². The zero-order valence-electron chi connectivity index (χ0n) is 15.5. The summed E-state index contributed by atoms with van der Waals surface area (Å²) >= 11 is 0. The number of aromatic nitrogens is 4. The summed E-state index contributed by atoms with van der Waals surface area (Å²) in [6, 6.07) is 7.61. The van der Waals surface area contributed by atoms with Gasteiger partial charge in [-0.25, -0.2) is 13.8 Å². The number of carbonyl (C=O) groups is 1. The summed E-state index contributed by atoms with van der Waals surface area (Å²) in [5, 5.41) is 7.02. The van der Waals surface area contributed by atoms with Gasteiger partial charge in [0, 0.05) is 19.4 Å². The Bertz CT molecular complexity index is 1040. The van der Waals surface area contributed by atoms with Crippen LogP contribution in [0.4, 0.5) is 14.6 Å². The highest BCUT2D eigenvalue weighted by atomic mass is 19.3. The summed E-state index contributed by atoms with van der Waals surface area (Å²) in [4.78, 5) is 20.4. The fourth-order valence-corrected chi connectivity index (χ4v) is 4.81. The average molecular weight is 385 g/mol. The number of carbonyl (C=O) groups excluding carboxylic acids is 1. The van der Waals surface area contributed by atoms with Gasteiger partial charge in [0.1, 0.15) is 11.6 Å². The zero-order chi connectivity index (χ0) is 19.5. The number of nitrogens with one attached hydrogen (secondary N) is 2. The Kier molecular flexibility index (Phi) is 3.63. The Morgan fingerprint density at radius 1 is 1.36 bits per heavy atom. The van der Waals surface area contributed by atoms with E-state index in [0.29, 0.717) is 30.0 Å². The van der Waals surface area contributed by atoms with Gasteiger partial charge < -0.3 is 10.3 Å². The molecule has 2 unspecified atom stereocenters. The maximum Gasteiger partial charge on any atom is 0.258 e. The molecular formula is C20H21F2N5O. The van der Waals surface area contributed by atoms with E-state index < -0.39 is 23.2 Å². The minimum absolute atomic E-state index is 0.157. The molecule has 1 amide bonds. The van der Waals surface area contributed by atoms with Crippen LogP contribution in [0.2, 0.25) is 0 Å². The van der Waals surface area contributed by atoms with Crippen LogP contribution in [0.1, 0.15) is 32.1 Å². The lowest BCUT2D eigenvalue weighted by Crippen LogP contribution is -2.24. The Morgan fingerprint density at radius 2 is 2.18 bits per heavy atom. The third kappa shape index (κ3) is 2.40. The number of aryl methyl sites for hydroxylation is 1. The van der Waals surface area contributed by atoms with Crippen LogP contribution in [-0.2, 0) is 11.8 Å². The largest absolute Gasteiger partial charge is 0.338 e. The van der Waals surface area contributed by atoms with Crippen molar-refractivity contribution in [2.45, 2.75) is 38.0 Å². The van der Waals surface area contributed by atoms with E-state index in [1.54, 1.807) is 13.2 Å². The van der Waals surface area contributed by atoms with E-state index in [-0.39, 0.29) is 6.42 Å². The number of nitrogens with zero attached hydrogens (tertiary/aromatic N) is 3. The second-order valence-corrected chi connectivity index (χ2v) is 7.94. The number of benzene rings is 1. The second-order valence-electron chi connectivity index (χ2n) is 7.94. The molecule has 0 radical (unpaired) electrons. The molecule has 2 atom stereocenters. The number of amides is 1. The number of H-pyrrole nitrogens is 1. The molecule has 3 aromatic rings. The number of rotatable bonds is 4. The van der Waals surface area contributed by atoms with Gasteiger partial charge in [0.05, 0.1) is 28.2 Å². The van der Waals surface area contributed by atoms with Gasteiger partial charge >= 0.3 is 0 Å². The molecule has 8 heteroatoms. The molecule has 2 N–H and O–H groups in total. The lowest BCUT2D eigenvalue weighted by molar-refractivity contribution is -0.118. The molecule has 0 bridgehead atoms. The highest BCUT2D eigenvalue weighted by molar-refractivity contribution is 5.95. The summed E-state index contributed by atoms with van der Waals surface area (Å²) in [6.07, 6.45) is 3.96. The van der Waals surface area contributed by atoms with E-state index in [0.717, 1.165) is 23.9 Å². The molecule has 0 saturated heterocycles. The topological polar surface area (TPSA) is 75.6 Å². The minimum atomic E-state index is -2.73. The summed E-state index contributed by atoms with van der Waals surface area (Å²) in [6.45, 7) is 0. The van der Waals surface area contributed by atoms with Gasteiger partial charge in [-0.2, -0.15) is 5.10 Å². The van der Waals surface area contributed by atoms with Crippen LogP contribution in [0.15, 0.2) is 30.5 Å². The standard InChI is InChI=1S/C20H21F2N5O/c1-27-18(12(11-23-27)17-24-13-6-2-3-7-14(13)25-17)26-16(28)10-19-9-5-4-8-15(19)20(19,21)22/h2-3,6-7,11,15H,4-5,8-10H2,1H3,(H,24,25)(H,26,28). The molecule has 2 fully saturated rings. The molecule has 2 aromatic heterocycles. The number of alkyl halides is 2. The van der Waals surface area contributed by atoms with Gasteiger partial charge in [-0.15, -0.1) is 0 Å². The number of fused-ring (bicyclic) bond motifs is 2. The molecule has 2 saturated carbocycles. The highest BCUT2D eigenvalue weighted by Gasteiger charge is 2.80. The van der Waals surface area contributed by atoms with Gasteiger partial charge in [-0.05, 0) is 25.0 Å². The monoisotopic (exact) mass is 385 g/mol. The predicted octanol–water partition coefficient (Wildman–Crippen LogP) is 4.12. The Morgan fingerprint density at radius 3 is 2.96 bits per heavy atom. The number of anilines is 1. The lowest BCUT2D eigenvalue weighted by atomic mass is 9.85. The van der Waals surface area contributed by atoms with Gasteiger partial charge in [0.2, 0.25) is 5.91 Å². The third-order valence-corrected chi connectivity index (χ3v) is 6.37. The summed E-state index contributed by atoms with van der Waals surface area (Å²) in [7, 11) is 1.70. The van der Waals surface area contributed by atoms with Crippen LogP contribution < -0.4 is 5.32 Å². The zero-order valence-corrected chi connectivity index (χ0v) is 15.5. The number of aromatic amines is 1. The maximum absolute atomic E-state index is 14.3. The number of para-hydroxylation sites is 2. The first-order valence-electron chi connectivity index (χ1n) is 9.57. The van der Waals surface area contributed by atoms with Gasteiger partial charge in [0.25, 0.3) is 5.92 Å². The van der Waals surface area contributed by atoms with Crippen molar-refractivity contribution in [2.24, 2.45) is 18.4 Å². The number of imidazole rings is 1. The van der Waals surface area contributed by atoms with Crippen molar-refractivity contribution < 1.29 is 13.6 Å².